The normalized spacial score (nSPS) is 15.1. The molecule has 5 heteroatoms. The number of carbonyl (C=O) groups excluding carboxylic acids is 3. The molecule has 0 bridgehead atoms. The molecule has 3 amide bonds. The number of hydrogen-bond donors (Lipinski definition) is 1. The van der Waals surface area contributed by atoms with Crippen molar-refractivity contribution in [2.45, 2.75) is 12.8 Å². The largest absolute Gasteiger partial charge is 0.359 e. The second-order valence-corrected chi connectivity index (χ2v) is 2.94. The predicted molar refractivity (Wildman–Crippen MR) is 49.2 cm³/mol. The van der Waals surface area contributed by atoms with E-state index >= 15 is 0 Å². The average Bonchev–Trinajstić information content (AvgIpc) is 2.48. The standard InChI is InChI=1S/C9H12N2O3/c1-10-7(12)3-2-6-11-8(13)4-5-9(11)14/h4-5H,2-3,6H2,1H3,(H,10,12). The molecule has 0 aromatic carbocycles. The molecule has 1 aliphatic rings. The van der Waals surface area contributed by atoms with Gasteiger partial charge in [-0.1, -0.05) is 0 Å². The lowest BCUT2D eigenvalue weighted by Crippen LogP contribution is -2.31. The molecule has 1 heterocycles. The Kier molecular flexibility index (Phi) is 3.39. The zero-order valence-corrected chi connectivity index (χ0v) is 7.95. The summed E-state index contributed by atoms with van der Waals surface area (Å²) in [6.45, 7) is 0.304. The first kappa shape index (κ1) is 10.4. The van der Waals surface area contributed by atoms with E-state index < -0.39 is 0 Å². The first-order valence-corrected chi connectivity index (χ1v) is 4.39. The van der Waals surface area contributed by atoms with Crippen LogP contribution in [0.1, 0.15) is 12.8 Å². The minimum atomic E-state index is -0.299. The predicted octanol–water partition coefficient (Wildman–Crippen LogP) is -0.562. The third-order valence-corrected chi connectivity index (χ3v) is 1.96. The van der Waals surface area contributed by atoms with Crippen molar-refractivity contribution in [3.63, 3.8) is 0 Å². The fourth-order valence-corrected chi connectivity index (χ4v) is 1.17. The zero-order chi connectivity index (χ0) is 10.6. The zero-order valence-electron chi connectivity index (χ0n) is 7.95. The molecule has 76 valence electrons. The highest BCUT2D eigenvalue weighted by atomic mass is 16.2. The van der Waals surface area contributed by atoms with Crippen molar-refractivity contribution < 1.29 is 14.4 Å². The van der Waals surface area contributed by atoms with Crippen LogP contribution < -0.4 is 5.32 Å². The van der Waals surface area contributed by atoms with Crippen molar-refractivity contribution in [3.8, 4) is 0 Å². The van der Waals surface area contributed by atoms with Gasteiger partial charge in [-0.05, 0) is 6.42 Å². The third kappa shape index (κ3) is 2.42. The van der Waals surface area contributed by atoms with Gasteiger partial charge in [-0.3, -0.25) is 19.3 Å². The molecule has 14 heavy (non-hydrogen) atoms. The number of imide groups is 1. The Bertz CT molecular complexity index is 278. The molecule has 0 unspecified atom stereocenters. The third-order valence-electron chi connectivity index (χ3n) is 1.96. The minimum Gasteiger partial charge on any atom is -0.359 e. The number of hydrogen-bond acceptors (Lipinski definition) is 3. The van der Waals surface area contributed by atoms with E-state index in [1.807, 2.05) is 0 Å². The molecule has 1 rings (SSSR count). The second kappa shape index (κ2) is 4.55. The van der Waals surface area contributed by atoms with E-state index in [-0.39, 0.29) is 17.7 Å². The van der Waals surface area contributed by atoms with Crippen LogP contribution in [0.15, 0.2) is 12.2 Å². The molecule has 0 radical (unpaired) electrons. The highest BCUT2D eigenvalue weighted by Gasteiger charge is 2.22. The molecular weight excluding hydrogens is 184 g/mol. The molecule has 0 aromatic heterocycles. The van der Waals surface area contributed by atoms with Crippen LogP contribution in [0.2, 0.25) is 0 Å². The monoisotopic (exact) mass is 196 g/mol. The summed E-state index contributed by atoms with van der Waals surface area (Å²) in [6.07, 6.45) is 3.30. The maximum atomic E-state index is 11.0. The average molecular weight is 196 g/mol. The van der Waals surface area contributed by atoms with Crippen LogP contribution in [0, 0.1) is 0 Å². The van der Waals surface area contributed by atoms with Crippen molar-refractivity contribution in [3.05, 3.63) is 12.2 Å². The van der Waals surface area contributed by atoms with E-state index in [1.54, 1.807) is 7.05 Å². The number of carbonyl (C=O) groups is 3. The molecule has 1 aliphatic heterocycles. The number of nitrogens with zero attached hydrogens (tertiary/aromatic N) is 1. The Morgan fingerprint density at radius 3 is 2.43 bits per heavy atom. The van der Waals surface area contributed by atoms with Crippen LogP contribution in [-0.4, -0.2) is 36.2 Å². The molecule has 0 saturated carbocycles. The summed E-state index contributed by atoms with van der Waals surface area (Å²) in [4.78, 5) is 34.1. The van der Waals surface area contributed by atoms with Crippen LogP contribution in [0.25, 0.3) is 0 Å². The SMILES string of the molecule is CNC(=O)CCCN1C(=O)C=CC1=O. The lowest BCUT2D eigenvalue weighted by atomic mass is 10.3. The van der Waals surface area contributed by atoms with E-state index in [1.165, 1.54) is 12.2 Å². The van der Waals surface area contributed by atoms with Gasteiger partial charge < -0.3 is 5.32 Å². The number of nitrogens with one attached hydrogen (secondary N) is 1. The number of amides is 3. The maximum Gasteiger partial charge on any atom is 0.253 e. The Labute approximate surface area is 81.8 Å². The van der Waals surface area contributed by atoms with E-state index in [9.17, 15) is 14.4 Å². The van der Waals surface area contributed by atoms with E-state index in [0.717, 1.165) is 4.90 Å². The highest BCUT2D eigenvalue weighted by molar-refractivity contribution is 6.12. The summed E-state index contributed by atoms with van der Waals surface area (Å²) < 4.78 is 0. The molecular formula is C9H12N2O3. The minimum absolute atomic E-state index is 0.0861. The first-order valence-electron chi connectivity index (χ1n) is 4.39. The summed E-state index contributed by atoms with van der Waals surface area (Å²) in [5, 5.41) is 2.47. The summed E-state index contributed by atoms with van der Waals surface area (Å²) >= 11 is 0. The molecule has 1 N–H and O–H groups in total. The lowest BCUT2D eigenvalue weighted by molar-refractivity contribution is -0.137. The van der Waals surface area contributed by atoms with E-state index in [2.05, 4.69) is 5.32 Å². The van der Waals surface area contributed by atoms with Gasteiger partial charge in [-0.25, -0.2) is 0 Å². The van der Waals surface area contributed by atoms with Crippen LogP contribution in [0.3, 0.4) is 0 Å². The fraction of sp³-hybridized carbons (Fsp3) is 0.444. The topological polar surface area (TPSA) is 66.5 Å². The quantitative estimate of drug-likeness (QED) is 0.613. The van der Waals surface area contributed by atoms with Crippen molar-refractivity contribution in [1.82, 2.24) is 10.2 Å². The summed E-state index contributed by atoms with van der Waals surface area (Å²) in [5.41, 5.74) is 0. The molecule has 0 atom stereocenters. The summed E-state index contributed by atoms with van der Waals surface area (Å²) in [6, 6.07) is 0. The Morgan fingerprint density at radius 2 is 1.93 bits per heavy atom. The fourth-order valence-electron chi connectivity index (χ4n) is 1.17. The molecule has 0 fully saturated rings. The van der Waals surface area contributed by atoms with Gasteiger partial charge in [0, 0.05) is 32.2 Å². The van der Waals surface area contributed by atoms with Crippen LogP contribution >= 0.6 is 0 Å². The maximum absolute atomic E-state index is 11.0. The van der Waals surface area contributed by atoms with Crippen molar-refractivity contribution in [2.75, 3.05) is 13.6 Å². The van der Waals surface area contributed by atoms with Crippen molar-refractivity contribution in [2.24, 2.45) is 0 Å². The van der Waals surface area contributed by atoms with Gasteiger partial charge >= 0.3 is 0 Å². The lowest BCUT2D eigenvalue weighted by Gasteiger charge is -2.12. The summed E-state index contributed by atoms with van der Waals surface area (Å²) in [7, 11) is 1.55. The van der Waals surface area contributed by atoms with Gasteiger partial charge in [0.05, 0.1) is 0 Å². The van der Waals surface area contributed by atoms with Crippen LogP contribution in [0.5, 0.6) is 0 Å². The van der Waals surface area contributed by atoms with Gasteiger partial charge in [-0.2, -0.15) is 0 Å². The van der Waals surface area contributed by atoms with Gasteiger partial charge in [0.1, 0.15) is 0 Å². The van der Waals surface area contributed by atoms with Gasteiger partial charge in [-0.15, -0.1) is 0 Å². The molecule has 5 nitrogen and oxygen atoms in total. The van der Waals surface area contributed by atoms with Crippen LogP contribution in [0.4, 0.5) is 0 Å². The number of rotatable bonds is 4. The van der Waals surface area contributed by atoms with Crippen molar-refractivity contribution >= 4 is 17.7 Å². The van der Waals surface area contributed by atoms with Gasteiger partial charge in [0.15, 0.2) is 0 Å². The highest BCUT2D eigenvalue weighted by Crippen LogP contribution is 2.05. The smallest absolute Gasteiger partial charge is 0.253 e. The van der Waals surface area contributed by atoms with Crippen molar-refractivity contribution in [1.29, 1.82) is 0 Å². The van der Waals surface area contributed by atoms with E-state index in [4.69, 9.17) is 0 Å². The van der Waals surface area contributed by atoms with Gasteiger partial charge in [0.2, 0.25) is 5.91 Å². The van der Waals surface area contributed by atoms with E-state index in [0.29, 0.717) is 19.4 Å². The van der Waals surface area contributed by atoms with Gasteiger partial charge in [0.25, 0.3) is 11.8 Å². The molecule has 0 spiro atoms. The Hall–Kier alpha value is -1.65. The van der Waals surface area contributed by atoms with Crippen LogP contribution in [-0.2, 0) is 14.4 Å². The Morgan fingerprint density at radius 1 is 1.36 bits per heavy atom. The molecule has 0 saturated heterocycles. The molecule has 0 aliphatic carbocycles. The second-order valence-electron chi connectivity index (χ2n) is 2.94. The first-order chi connectivity index (χ1) is 6.65. The molecule has 0 aromatic rings. The Balaban J connectivity index is 2.29. The summed E-state index contributed by atoms with van der Waals surface area (Å²) in [5.74, 6) is -0.684.